The molecular weight excluding hydrogens is 273 g/mol. The molecule has 0 saturated heterocycles. The van der Waals surface area contributed by atoms with E-state index in [0.29, 0.717) is 5.02 Å². The second kappa shape index (κ2) is 4.58. The van der Waals surface area contributed by atoms with E-state index >= 15 is 0 Å². The van der Waals surface area contributed by atoms with Crippen LogP contribution in [0.2, 0.25) is 10.0 Å². The van der Waals surface area contributed by atoms with Crippen LogP contribution in [0.5, 0.6) is 0 Å². The first kappa shape index (κ1) is 13.2. The minimum Gasteiger partial charge on any atom is -0.273 e. The molecule has 5 nitrogen and oxygen atoms in total. The molecular formula is C8H9Cl2N3O2S. The molecule has 0 aliphatic carbocycles. The fraction of sp³-hybridized carbons (Fsp3) is 0.125. The maximum Gasteiger partial charge on any atom is 0.234 e. The summed E-state index contributed by atoms with van der Waals surface area (Å²) in [4.78, 5) is 0. The van der Waals surface area contributed by atoms with Gasteiger partial charge in [0, 0.05) is 6.26 Å². The Hall–Kier alpha value is -0.820. The summed E-state index contributed by atoms with van der Waals surface area (Å²) in [6.45, 7) is 0. The Kier molecular flexibility index (Phi) is 3.80. The van der Waals surface area contributed by atoms with Crippen LogP contribution in [0.3, 0.4) is 0 Å². The summed E-state index contributed by atoms with van der Waals surface area (Å²) in [5.74, 6) is 5.47. The molecule has 1 aromatic carbocycles. The van der Waals surface area contributed by atoms with E-state index in [1.807, 2.05) is 0 Å². The van der Waals surface area contributed by atoms with Crippen LogP contribution in [-0.2, 0) is 9.84 Å². The van der Waals surface area contributed by atoms with Crippen molar-refractivity contribution >= 4 is 43.9 Å². The molecule has 0 fully saturated rings. The molecule has 1 rings (SSSR count). The van der Waals surface area contributed by atoms with E-state index in [0.717, 1.165) is 11.3 Å². The number of halogens is 2. The molecule has 0 aromatic heterocycles. The highest BCUT2D eigenvalue weighted by atomic mass is 35.5. The van der Waals surface area contributed by atoms with Crippen LogP contribution in [0.25, 0.3) is 0 Å². The number of hydrogen-bond donors (Lipinski definition) is 2. The fourth-order valence-corrected chi connectivity index (χ4v) is 1.69. The number of sulfone groups is 1. The lowest BCUT2D eigenvalue weighted by molar-refractivity contribution is 0.611. The van der Waals surface area contributed by atoms with Crippen LogP contribution in [-0.4, -0.2) is 19.8 Å². The summed E-state index contributed by atoms with van der Waals surface area (Å²) in [6.07, 6.45) is 0.896. The van der Waals surface area contributed by atoms with Crippen LogP contribution in [0.15, 0.2) is 18.2 Å². The molecule has 0 atom stereocenters. The van der Waals surface area contributed by atoms with Gasteiger partial charge in [-0.05, 0) is 18.2 Å². The summed E-state index contributed by atoms with van der Waals surface area (Å²) in [6, 6.07) is 4.31. The van der Waals surface area contributed by atoms with E-state index in [1.165, 1.54) is 18.2 Å². The van der Waals surface area contributed by atoms with Gasteiger partial charge < -0.3 is 0 Å². The van der Waals surface area contributed by atoms with Crippen molar-refractivity contribution in [3.8, 4) is 0 Å². The van der Waals surface area contributed by atoms with Gasteiger partial charge in [-0.25, -0.2) is 14.3 Å². The first-order valence-electron chi connectivity index (χ1n) is 4.02. The molecule has 0 radical (unpaired) electrons. The van der Waals surface area contributed by atoms with Crippen LogP contribution in [0, 0.1) is 5.41 Å². The molecule has 0 bridgehead atoms. The Balaban J connectivity index is 3.11. The third-order valence-electron chi connectivity index (χ3n) is 1.75. The number of hydrogen-bond acceptors (Lipinski definition) is 4. The van der Waals surface area contributed by atoms with Gasteiger partial charge in [0.15, 0.2) is 0 Å². The third-order valence-corrected chi connectivity index (χ3v) is 3.39. The summed E-state index contributed by atoms with van der Waals surface area (Å²) in [5, 5.41) is 7.90. The first-order valence-corrected chi connectivity index (χ1v) is 6.66. The number of nitrogens with zero attached hydrogens (tertiary/aromatic N) is 1. The van der Waals surface area contributed by atoms with Crippen molar-refractivity contribution in [3.05, 3.63) is 28.2 Å². The van der Waals surface area contributed by atoms with Gasteiger partial charge in [0.05, 0.1) is 15.7 Å². The fourth-order valence-electron chi connectivity index (χ4n) is 0.931. The van der Waals surface area contributed by atoms with E-state index in [4.69, 9.17) is 34.5 Å². The summed E-state index contributed by atoms with van der Waals surface area (Å²) < 4.78 is 22.2. The number of anilines is 1. The summed E-state index contributed by atoms with van der Waals surface area (Å²) in [7, 11) is -3.66. The van der Waals surface area contributed by atoms with Gasteiger partial charge in [-0.3, -0.25) is 10.4 Å². The highest BCUT2D eigenvalue weighted by Crippen LogP contribution is 2.26. The van der Waals surface area contributed by atoms with Crippen LogP contribution in [0.4, 0.5) is 5.69 Å². The summed E-state index contributed by atoms with van der Waals surface area (Å²) in [5.41, 5.74) is 0.268. The lowest BCUT2D eigenvalue weighted by Gasteiger charge is -2.18. The molecule has 0 saturated carbocycles. The number of benzene rings is 1. The lowest BCUT2D eigenvalue weighted by atomic mass is 10.3. The van der Waals surface area contributed by atoms with Gasteiger partial charge in [-0.1, -0.05) is 23.2 Å². The largest absolute Gasteiger partial charge is 0.273 e. The normalized spacial score (nSPS) is 11.2. The maximum absolute atomic E-state index is 11.1. The zero-order chi connectivity index (χ0) is 12.5. The van der Waals surface area contributed by atoms with Crippen molar-refractivity contribution in [1.29, 1.82) is 5.41 Å². The van der Waals surface area contributed by atoms with E-state index in [-0.39, 0.29) is 10.7 Å². The predicted molar refractivity (Wildman–Crippen MR) is 65.7 cm³/mol. The topological polar surface area (TPSA) is 87.2 Å². The molecule has 1 aromatic rings. The number of nitrogens with one attached hydrogen (secondary N) is 1. The zero-order valence-corrected chi connectivity index (χ0v) is 10.6. The summed E-state index contributed by atoms with van der Waals surface area (Å²) >= 11 is 11.4. The lowest BCUT2D eigenvalue weighted by Crippen LogP contribution is -2.41. The molecule has 0 amide bonds. The van der Waals surface area contributed by atoms with Crippen molar-refractivity contribution < 1.29 is 8.42 Å². The molecule has 0 unspecified atom stereocenters. The zero-order valence-electron chi connectivity index (χ0n) is 8.24. The quantitative estimate of drug-likeness (QED) is 0.355. The average molecular weight is 282 g/mol. The Morgan fingerprint density at radius 2 is 1.94 bits per heavy atom. The van der Waals surface area contributed by atoms with Crippen molar-refractivity contribution in [2.45, 2.75) is 0 Å². The van der Waals surface area contributed by atoms with Crippen LogP contribution >= 0.6 is 23.2 Å². The van der Waals surface area contributed by atoms with Gasteiger partial charge >= 0.3 is 0 Å². The Labute approximate surface area is 103 Å². The van der Waals surface area contributed by atoms with Gasteiger partial charge in [0.1, 0.15) is 0 Å². The van der Waals surface area contributed by atoms with Crippen molar-refractivity contribution in [1.82, 2.24) is 0 Å². The Morgan fingerprint density at radius 3 is 2.38 bits per heavy atom. The first-order chi connectivity index (χ1) is 7.23. The second-order valence-electron chi connectivity index (χ2n) is 3.05. The van der Waals surface area contributed by atoms with E-state index < -0.39 is 15.0 Å². The van der Waals surface area contributed by atoms with Gasteiger partial charge in [0.2, 0.25) is 15.0 Å². The molecule has 0 aliphatic rings. The number of rotatable bonds is 1. The van der Waals surface area contributed by atoms with Gasteiger partial charge in [0.25, 0.3) is 0 Å². The van der Waals surface area contributed by atoms with E-state index in [2.05, 4.69) is 0 Å². The molecule has 88 valence electrons. The van der Waals surface area contributed by atoms with Crippen molar-refractivity contribution in [2.24, 2.45) is 5.84 Å². The minimum atomic E-state index is -3.66. The second-order valence-corrected chi connectivity index (χ2v) is 5.79. The predicted octanol–water partition coefficient (Wildman–Crippen LogP) is 1.65. The molecule has 8 heteroatoms. The monoisotopic (exact) mass is 281 g/mol. The van der Waals surface area contributed by atoms with E-state index in [9.17, 15) is 8.42 Å². The third kappa shape index (κ3) is 2.85. The SMILES string of the molecule is CS(=O)(=O)C(=N)N(N)c1ccc(Cl)c(Cl)c1. The highest BCUT2D eigenvalue weighted by Gasteiger charge is 2.18. The molecule has 3 N–H and O–H groups in total. The average Bonchev–Trinajstić information content (AvgIpc) is 2.18. The maximum atomic E-state index is 11.1. The molecule has 0 heterocycles. The Bertz CT molecular complexity index is 530. The van der Waals surface area contributed by atoms with Crippen LogP contribution < -0.4 is 10.9 Å². The smallest absolute Gasteiger partial charge is 0.234 e. The number of nitrogens with two attached hydrogens (primary N) is 1. The minimum absolute atomic E-state index is 0.232. The van der Waals surface area contributed by atoms with Gasteiger partial charge in [-0.15, -0.1) is 0 Å². The van der Waals surface area contributed by atoms with Crippen molar-refractivity contribution in [2.75, 3.05) is 11.3 Å². The standard InChI is InChI=1S/C8H9Cl2N3O2S/c1-16(14,15)8(11)13(12)5-2-3-6(9)7(10)4-5/h2-4,11H,12H2,1H3. The molecule has 16 heavy (non-hydrogen) atoms. The van der Waals surface area contributed by atoms with Gasteiger partial charge in [-0.2, -0.15) is 0 Å². The number of amidine groups is 1. The Morgan fingerprint density at radius 1 is 1.38 bits per heavy atom. The van der Waals surface area contributed by atoms with E-state index in [1.54, 1.807) is 0 Å². The molecule has 0 spiro atoms. The molecule has 0 aliphatic heterocycles. The highest BCUT2D eigenvalue weighted by molar-refractivity contribution is 8.05. The van der Waals surface area contributed by atoms with Crippen LogP contribution in [0.1, 0.15) is 0 Å². The number of hydrazine groups is 1. The van der Waals surface area contributed by atoms with Crippen molar-refractivity contribution in [3.63, 3.8) is 0 Å².